The normalized spacial score (nSPS) is 16.6. The van der Waals surface area contributed by atoms with E-state index in [0.29, 0.717) is 11.4 Å². The Balaban J connectivity index is 1.90. The van der Waals surface area contributed by atoms with Gasteiger partial charge in [0, 0.05) is 11.9 Å². The Labute approximate surface area is 110 Å². The lowest BCUT2D eigenvalue weighted by Gasteiger charge is -2.12. The van der Waals surface area contributed by atoms with Crippen molar-refractivity contribution in [3.8, 4) is 0 Å². The highest BCUT2D eigenvalue weighted by Gasteiger charge is 2.44. The van der Waals surface area contributed by atoms with Crippen LogP contribution in [0.25, 0.3) is 0 Å². The number of pyridine rings is 1. The maximum atomic E-state index is 11.3. The standard InChI is InChI=1S/C12H14ClNO2S/c1-16-10(15)7-12(4-5-12)8-17-11-9(13)3-2-6-14-11/h2-3,6H,4-5,7-8H2,1H3. The summed E-state index contributed by atoms with van der Waals surface area (Å²) in [5.41, 5.74) is 0.110. The summed E-state index contributed by atoms with van der Waals surface area (Å²) in [5.74, 6) is 0.744. The number of carbonyl (C=O) groups excluding carboxylic acids is 1. The Bertz CT molecular complexity index is 421. The molecule has 0 amide bonds. The second-order valence-corrected chi connectivity index (χ2v) is 5.70. The van der Waals surface area contributed by atoms with Gasteiger partial charge in [-0.05, 0) is 30.4 Å². The van der Waals surface area contributed by atoms with E-state index < -0.39 is 0 Å². The quantitative estimate of drug-likeness (QED) is 0.609. The average Bonchev–Trinajstić information content (AvgIpc) is 3.08. The lowest BCUT2D eigenvalue weighted by molar-refractivity contribution is -0.141. The van der Waals surface area contributed by atoms with Gasteiger partial charge in [-0.3, -0.25) is 4.79 Å². The zero-order valence-electron chi connectivity index (χ0n) is 9.61. The molecule has 0 aliphatic heterocycles. The number of nitrogens with zero attached hydrogens (tertiary/aromatic N) is 1. The van der Waals surface area contributed by atoms with Crippen LogP contribution in [0.2, 0.25) is 5.02 Å². The highest BCUT2D eigenvalue weighted by Crippen LogP contribution is 2.52. The van der Waals surface area contributed by atoms with Crippen molar-refractivity contribution < 1.29 is 9.53 Å². The van der Waals surface area contributed by atoms with E-state index in [4.69, 9.17) is 16.3 Å². The summed E-state index contributed by atoms with van der Waals surface area (Å²) in [7, 11) is 1.43. The summed E-state index contributed by atoms with van der Waals surface area (Å²) in [5, 5.41) is 1.51. The Kier molecular flexibility index (Phi) is 3.94. The minimum Gasteiger partial charge on any atom is -0.469 e. The molecule has 5 heteroatoms. The van der Waals surface area contributed by atoms with Gasteiger partial charge in [0.1, 0.15) is 5.03 Å². The lowest BCUT2D eigenvalue weighted by atomic mass is 10.1. The first-order valence-corrected chi connectivity index (χ1v) is 6.82. The van der Waals surface area contributed by atoms with E-state index in [0.717, 1.165) is 23.6 Å². The molecule has 0 atom stereocenters. The maximum absolute atomic E-state index is 11.3. The summed E-state index contributed by atoms with van der Waals surface area (Å²) in [6.07, 6.45) is 4.40. The fourth-order valence-corrected chi connectivity index (χ4v) is 3.09. The lowest BCUT2D eigenvalue weighted by Crippen LogP contribution is -2.13. The van der Waals surface area contributed by atoms with E-state index in [2.05, 4.69) is 4.98 Å². The smallest absolute Gasteiger partial charge is 0.306 e. The summed E-state index contributed by atoms with van der Waals surface area (Å²) in [6.45, 7) is 0. The molecule has 1 aromatic heterocycles. The van der Waals surface area contributed by atoms with Crippen LogP contribution in [0.5, 0.6) is 0 Å². The number of methoxy groups -OCH3 is 1. The zero-order valence-corrected chi connectivity index (χ0v) is 11.2. The van der Waals surface area contributed by atoms with Crippen LogP contribution in [0.1, 0.15) is 19.3 Å². The Morgan fingerprint density at radius 1 is 1.65 bits per heavy atom. The first-order valence-electron chi connectivity index (χ1n) is 5.45. The number of aromatic nitrogens is 1. The number of carbonyl (C=O) groups is 1. The topological polar surface area (TPSA) is 39.2 Å². The van der Waals surface area contributed by atoms with Crippen molar-refractivity contribution >= 4 is 29.3 Å². The Hall–Kier alpha value is -0.740. The third-order valence-electron chi connectivity index (χ3n) is 2.94. The van der Waals surface area contributed by atoms with Crippen LogP contribution in [0.15, 0.2) is 23.4 Å². The van der Waals surface area contributed by atoms with Gasteiger partial charge in [-0.2, -0.15) is 0 Å². The van der Waals surface area contributed by atoms with Gasteiger partial charge in [0.25, 0.3) is 0 Å². The van der Waals surface area contributed by atoms with Crippen molar-refractivity contribution in [3.63, 3.8) is 0 Å². The molecule has 1 heterocycles. The van der Waals surface area contributed by atoms with E-state index in [1.54, 1.807) is 18.0 Å². The molecule has 1 fully saturated rings. The highest BCUT2D eigenvalue weighted by atomic mass is 35.5. The van der Waals surface area contributed by atoms with Crippen LogP contribution >= 0.6 is 23.4 Å². The van der Waals surface area contributed by atoms with Gasteiger partial charge in [0.2, 0.25) is 0 Å². The molecule has 1 aliphatic rings. The van der Waals surface area contributed by atoms with Gasteiger partial charge in [-0.1, -0.05) is 11.6 Å². The SMILES string of the molecule is COC(=O)CC1(CSc2ncccc2Cl)CC1. The first-order chi connectivity index (χ1) is 8.15. The largest absolute Gasteiger partial charge is 0.469 e. The van der Waals surface area contributed by atoms with Gasteiger partial charge in [0.15, 0.2) is 0 Å². The number of esters is 1. The van der Waals surface area contributed by atoms with Crippen molar-refractivity contribution in [2.24, 2.45) is 5.41 Å². The van der Waals surface area contributed by atoms with Crippen molar-refractivity contribution in [1.82, 2.24) is 4.98 Å². The molecule has 1 aliphatic carbocycles. The highest BCUT2D eigenvalue weighted by molar-refractivity contribution is 7.99. The van der Waals surface area contributed by atoms with Crippen molar-refractivity contribution in [1.29, 1.82) is 0 Å². The van der Waals surface area contributed by atoms with Crippen LogP contribution in [0.4, 0.5) is 0 Å². The third-order valence-corrected chi connectivity index (χ3v) is 4.72. The van der Waals surface area contributed by atoms with E-state index >= 15 is 0 Å². The number of hydrogen-bond acceptors (Lipinski definition) is 4. The molecule has 0 unspecified atom stereocenters. The monoisotopic (exact) mass is 271 g/mol. The van der Waals surface area contributed by atoms with E-state index in [1.165, 1.54) is 7.11 Å². The number of ether oxygens (including phenoxy) is 1. The molecule has 92 valence electrons. The van der Waals surface area contributed by atoms with Gasteiger partial charge in [0.05, 0.1) is 18.6 Å². The van der Waals surface area contributed by atoms with Gasteiger partial charge < -0.3 is 4.74 Å². The predicted molar refractivity (Wildman–Crippen MR) is 68.3 cm³/mol. The minimum atomic E-state index is -0.129. The first kappa shape index (κ1) is 12.7. The molecule has 1 aromatic rings. The molecule has 0 N–H and O–H groups in total. The molecular formula is C12H14ClNO2S. The molecule has 2 rings (SSSR count). The second-order valence-electron chi connectivity index (χ2n) is 4.33. The summed E-state index contributed by atoms with van der Waals surface area (Å²) < 4.78 is 4.71. The molecule has 0 spiro atoms. The summed E-state index contributed by atoms with van der Waals surface area (Å²) in [6, 6.07) is 3.64. The second kappa shape index (κ2) is 5.27. The number of rotatable bonds is 5. The molecule has 1 saturated carbocycles. The fourth-order valence-electron chi connectivity index (χ4n) is 1.63. The van der Waals surface area contributed by atoms with E-state index in [9.17, 15) is 4.79 Å². The maximum Gasteiger partial charge on any atom is 0.306 e. The molecule has 3 nitrogen and oxygen atoms in total. The number of halogens is 1. The molecule has 17 heavy (non-hydrogen) atoms. The third kappa shape index (κ3) is 3.36. The summed E-state index contributed by atoms with van der Waals surface area (Å²) >= 11 is 7.65. The van der Waals surface area contributed by atoms with E-state index in [-0.39, 0.29) is 11.4 Å². The fraction of sp³-hybridized carbons (Fsp3) is 0.500. The van der Waals surface area contributed by atoms with Crippen LogP contribution in [0.3, 0.4) is 0 Å². The van der Waals surface area contributed by atoms with Gasteiger partial charge >= 0.3 is 5.97 Å². The molecule has 0 radical (unpaired) electrons. The average molecular weight is 272 g/mol. The van der Waals surface area contributed by atoms with Gasteiger partial charge in [-0.15, -0.1) is 11.8 Å². The van der Waals surface area contributed by atoms with Crippen molar-refractivity contribution in [3.05, 3.63) is 23.4 Å². The van der Waals surface area contributed by atoms with Crippen LogP contribution in [-0.2, 0) is 9.53 Å². The molecule has 0 saturated heterocycles. The Morgan fingerprint density at radius 2 is 2.41 bits per heavy atom. The summed E-state index contributed by atoms with van der Waals surface area (Å²) in [4.78, 5) is 15.5. The van der Waals surface area contributed by atoms with Crippen LogP contribution in [0, 0.1) is 5.41 Å². The minimum absolute atomic E-state index is 0.110. The van der Waals surface area contributed by atoms with Crippen LogP contribution in [-0.4, -0.2) is 23.8 Å². The molecule has 0 aromatic carbocycles. The van der Waals surface area contributed by atoms with Gasteiger partial charge in [-0.25, -0.2) is 4.98 Å². The number of hydrogen-bond donors (Lipinski definition) is 0. The van der Waals surface area contributed by atoms with E-state index in [1.807, 2.05) is 12.1 Å². The van der Waals surface area contributed by atoms with Crippen molar-refractivity contribution in [2.45, 2.75) is 24.3 Å². The Morgan fingerprint density at radius 3 is 3.00 bits per heavy atom. The zero-order chi connectivity index (χ0) is 12.3. The molecular weight excluding hydrogens is 258 g/mol. The number of thioether (sulfide) groups is 1. The van der Waals surface area contributed by atoms with Crippen LogP contribution < -0.4 is 0 Å². The molecule has 0 bridgehead atoms. The predicted octanol–water partition coefficient (Wildman–Crippen LogP) is 3.17. The van der Waals surface area contributed by atoms with Crippen molar-refractivity contribution in [2.75, 3.05) is 12.9 Å².